The number of nitrogens with zero attached hydrogens (tertiary/aromatic N) is 2. The van der Waals surface area contributed by atoms with Crippen LogP contribution in [-0.4, -0.2) is 43.2 Å². The van der Waals surface area contributed by atoms with Gasteiger partial charge in [-0.1, -0.05) is 26.0 Å². The molecule has 1 rings (SSSR count). The topological polar surface area (TPSA) is 70.7 Å². The van der Waals surface area contributed by atoms with Crippen LogP contribution in [0.5, 0.6) is 0 Å². The lowest BCUT2D eigenvalue weighted by Gasteiger charge is -2.16. The number of hydrogen-bond donors (Lipinski definition) is 2. The molecule has 0 saturated heterocycles. The third-order valence-electron chi connectivity index (χ3n) is 2.93. The zero-order valence-corrected chi connectivity index (χ0v) is 12.8. The van der Waals surface area contributed by atoms with E-state index >= 15 is 0 Å². The Hall–Kier alpha value is -1.59. The minimum atomic E-state index is -0.416. The maximum atomic E-state index is 10.9. The Morgan fingerprint density at radius 3 is 2.40 bits per heavy atom. The van der Waals surface area contributed by atoms with Crippen LogP contribution in [0.3, 0.4) is 0 Å². The van der Waals surface area contributed by atoms with Gasteiger partial charge in [-0.2, -0.15) is 5.10 Å². The second-order valence-electron chi connectivity index (χ2n) is 4.18. The van der Waals surface area contributed by atoms with Crippen LogP contribution in [0.2, 0.25) is 0 Å². The molecular formula is C14H23ClN4O. The van der Waals surface area contributed by atoms with Crippen molar-refractivity contribution >= 4 is 24.5 Å². The van der Waals surface area contributed by atoms with Crippen LogP contribution >= 0.6 is 12.4 Å². The minimum absolute atomic E-state index is 0. The molecule has 0 aromatic heterocycles. The van der Waals surface area contributed by atoms with Crippen LogP contribution < -0.4 is 11.2 Å². The molecule has 112 valence electrons. The quantitative estimate of drug-likeness (QED) is 0.434. The first-order valence-electron chi connectivity index (χ1n) is 6.55. The summed E-state index contributed by atoms with van der Waals surface area (Å²) < 4.78 is 0. The fourth-order valence-corrected chi connectivity index (χ4v) is 1.67. The smallest absolute Gasteiger partial charge is 0.248 e. The van der Waals surface area contributed by atoms with E-state index in [1.165, 1.54) is 0 Å². The Kier molecular flexibility index (Phi) is 9.41. The van der Waals surface area contributed by atoms with E-state index in [9.17, 15) is 4.79 Å². The molecule has 3 N–H and O–H groups in total. The predicted molar refractivity (Wildman–Crippen MR) is 85.6 cm³/mol. The van der Waals surface area contributed by atoms with E-state index in [0.29, 0.717) is 5.56 Å². The van der Waals surface area contributed by atoms with E-state index in [2.05, 4.69) is 29.3 Å². The second-order valence-corrected chi connectivity index (χ2v) is 4.18. The number of carbonyl (C=O) groups excluding carboxylic acids is 1. The van der Waals surface area contributed by atoms with Gasteiger partial charge in [0.25, 0.3) is 0 Å². The van der Waals surface area contributed by atoms with Crippen LogP contribution in [0.25, 0.3) is 0 Å². The molecule has 0 heterocycles. The fourth-order valence-electron chi connectivity index (χ4n) is 1.67. The van der Waals surface area contributed by atoms with Gasteiger partial charge in [-0.05, 0) is 30.8 Å². The SMILES string of the molecule is CCN(CC)CCN/N=C/c1ccc(C(N)=O)cc1.Cl. The van der Waals surface area contributed by atoms with E-state index in [1.54, 1.807) is 18.3 Å². The van der Waals surface area contributed by atoms with E-state index < -0.39 is 5.91 Å². The standard InChI is InChI=1S/C14H22N4O.ClH/c1-3-18(4-2)10-9-16-17-11-12-5-7-13(8-6-12)14(15)19;/h5-8,11,16H,3-4,9-10H2,1-2H3,(H2,15,19);1H/b17-11+;. The van der Waals surface area contributed by atoms with Gasteiger partial charge in [0.15, 0.2) is 0 Å². The van der Waals surface area contributed by atoms with Gasteiger partial charge in [0.2, 0.25) is 5.91 Å². The third kappa shape index (κ3) is 6.54. The largest absolute Gasteiger partial charge is 0.366 e. The van der Waals surface area contributed by atoms with E-state index in [-0.39, 0.29) is 12.4 Å². The number of amides is 1. The lowest BCUT2D eigenvalue weighted by atomic mass is 10.1. The summed E-state index contributed by atoms with van der Waals surface area (Å²) in [5, 5.41) is 4.14. The first-order chi connectivity index (χ1) is 9.17. The molecule has 1 amide bonds. The highest BCUT2D eigenvalue weighted by atomic mass is 35.5. The maximum Gasteiger partial charge on any atom is 0.248 e. The van der Waals surface area contributed by atoms with Gasteiger partial charge in [-0.15, -0.1) is 12.4 Å². The first kappa shape index (κ1) is 18.4. The van der Waals surface area contributed by atoms with Gasteiger partial charge in [-0.25, -0.2) is 0 Å². The summed E-state index contributed by atoms with van der Waals surface area (Å²) in [7, 11) is 0. The van der Waals surface area contributed by atoms with Crippen LogP contribution in [0, 0.1) is 0 Å². The summed E-state index contributed by atoms with van der Waals surface area (Å²) in [6, 6.07) is 7.02. The van der Waals surface area contributed by atoms with Crippen LogP contribution in [0.1, 0.15) is 29.8 Å². The lowest BCUT2D eigenvalue weighted by molar-refractivity contribution is 0.100. The number of likely N-dealkylation sites (N-methyl/N-ethyl adjacent to an activating group) is 1. The number of carbonyl (C=O) groups is 1. The number of nitrogens with one attached hydrogen (secondary N) is 1. The van der Waals surface area contributed by atoms with Crippen molar-refractivity contribution in [3.05, 3.63) is 35.4 Å². The normalized spacial score (nSPS) is 10.6. The van der Waals surface area contributed by atoms with Crippen LogP contribution in [0.4, 0.5) is 0 Å². The van der Waals surface area contributed by atoms with Gasteiger partial charge >= 0.3 is 0 Å². The highest BCUT2D eigenvalue weighted by Gasteiger charge is 1.98. The highest BCUT2D eigenvalue weighted by molar-refractivity contribution is 5.93. The molecular weight excluding hydrogens is 276 g/mol. The highest BCUT2D eigenvalue weighted by Crippen LogP contribution is 2.01. The minimum Gasteiger partial charge on any atom is -0.366 e. The van der Waals surface area contributed by atoms with Crippen molar-refractivity contribution < 1.29 is 4.79 Å². The zero-order valence-electron chi connectivity index (χ0n) is 12.0. The molecule has 0 aliphatic carbocycles. The van der Waals surface area contributed by atoms with Crippen molar-refractivity contribution in [3.63, 3.8) is 0 Å². The average Bonchev–Trinajstić information content (AvgIpc) is 2.43. The maximum absolute atomic E-state index is 10.9. The number of hydrazone groups is 1. The third-order valence-corrected chi connectivity index (χ3v) is 2.93. The Bertz CT molecular complexity index is 416. The molecule has 0 unspecified atom stereocenters. The van der Waals surface area contributed by atoms with Crippen molar-refractivity contribution in [3.8, 4) is 0 Å². The van der Waals surface area contributed by atoms with Crippen LogP contribution in [0.15, 0.2) is 29.4 Å². The van der Waals surface area contributed by atoms with Gasteiger partial charge < -0.3 is 16.1 Å². The van der Waals surface area contributed by atoms with Crippen molar-refractivity contribution in [2.75, 3.05) is 26.2 Å². The summed E-state index contributed by atoms with van der Waals surface area (Å²) in [5.41, 5.74) is 9.61. The summed E-state index contributed by atoms with van der Waals surface area (Å²) in [6.45, 7) is 8.19. The lowest BCUT2D eigenvalue weighted by Crippen LogP contribution is -2.30. The molecule has 0 radical (unpaired) electrons. The zero-order chi connectivity index (χ0) is 14.1. The molecule has 0 saturated carbocycles. The van der Waals surface area contributed by atoms with Crippen molar-refractivity contribution in [1.82, 2.24) is 10.3 Å². The number of primary amides is 1. The second kappa shape index (κ2) is 10.2. The molecule has 5 nitrogen and oxygen atoms in total. The molecule has 20 heavy (non-hydrogen) atoms. The van der Waals surface area contributed by atoms with Crippen molar-refractivity contribution in [1.29, 1.82) is 0 Å². The van der Waals surface area contributed by atoms with Gasteiger partial charge in [0.1, 0.15) is 0 Å². The van der Waals surface area contributed by atoms with Crippen LogP contribution in [-0.2, 0) is 0 Å². The van der Waals surface area contributed by atoms with E-state index in [4.69, 9.17) is 5.73 Å². The molecule has 0 aliphatic rings. The van der Waals surface area contributed by atoms with Gasteiger partial charge in [-0.3, -0.25) is 4.79 Å². The molecule has 1 aromatic rings. The van der Waals surface area contributed by atoms with Crippen molar-refractivity contribution in [2.45, 2.75) is 13.8 Å². The molecule has 0 atom stereocenters. The van der Waals surface area contributed by atoms with E-state index in [1.807, 2.05) is 12.1 Å². The average molecular weight is 299 g/mol. The summed E-state index contributed by atoms with van der Waals surface area (Å²) in [5.74, 6) is -0.416. The summed E-state index contributed by atoms with van der Waals surface area (Å²) in [6.07, 6.45) is 1.73. The summed E-state index contributed by atoms with van der Waals surface area (Å²) >= 11 is 0. The Morgan fingerprint density at radius 1 is 1.30 bits per heavy atom. The van der Waals surface area contributed by atoms with Gasteiger partial charge in [0.05, 0.1) is 6.21 Å². The molecule has 0 spiro atoms. The monoisotopic (exact) mass is 298 g/mol. The Morgan fingerprint density at radius 2 is 1.90 bits per heavy atom. The molecule has 0 bridgehead atoms. The summed E-state index contributed by atoms with van der Waals surface area (Å²) in [4.78, 5) is 13.2. The molecule has 0 aliphatic heterocycles. The molecule has 0 fully saturated rings. The number of benzene rings is 1. The predicted octanol–water partition coefficient (Wildman–Crippen LogP) is 1.47. The fraction of sp³-hybridized carbons (Fsp3) is 0.429. The van der Waals surface area contributed by atoms with Crippen molar-refractivity contribution in [2.24, 2.45) is 10.8 Å². The number of halogens is 1. The Balaban J connectivity index is 0.00000361. The van der Waals surface area contributed by atoms with E-state index in [0.717, 1.165) is 31.7 Å². The molecule has 1 aromatic carbocycles. The van der Waals surface area contributed by atoms with Gasteiger partial charge in [0, 0.05) is 18.7 Å². The first-order valence-corrected chi connectivity index (χ1v) is 6.55. The number of rotatable bonds is 8. The molecule has 6 heteroatoms. The Labute approximate surface area is 126 Å². The number of hydrogen-bond acceptors (Lipinski definition) is 4. The number of nitrogens with two attached hydrogens (primary N) is 1.